The van der Waals surface area contributed by atoms with Crippen molar-refractivity contribution in [2.45, 2.75) is 6.92 Å². The van der Waals surface area contributed by atoms with Gasteiger partial charge in [0.15, 0.2) is 5.82 Å². The third-order valence-corrected chi connectivity index (χ3v) is 1.51. The highest BCUT2D eigenvalue weighted by molar-refractivity contribution is 5.69. The Hall–Kier alpha value is -1.97. The lowest BCUT2D eigenvalue weighted by Crippen LogP contribution is -1.94. The summed E-state index contributed by atoms with van der Waals surface area (Å²) >= 11 is 0. The summed E-state index contributed by atoms with van der Waals surface area (Å²) in [6, 6.07) is 0. The summed E-state index contributed by atoms with van der Waals surface area (Å²) < 4.78 is 0. The van der Waals surface area contributed by atoms with Crippen molar-refractivity contribution < 1.29 is 0 Å². The lowest BCUT2D eigenvalue weighted by Gasteiger charge is -1.99. The molecule has 0 atom stereocenters. The van der Waals surface area contributed by atoms with Crippen molar-refractivity contribution in [2.75, 3.05) is 5.73 Å². The van der Waals surface area contributed by atoms with Crippen LogP contribution in [0.4, 0.5) is 5.69 Å². The summed E-state index contributed by atoms with van der Waals surface area (Å²) in [7, 11) is 0. The average molecular weight is 188 g/mol. The standard InChI is InChI=1S/C10H12N4/c1-3-4-8(5-12-2)10-13-6-9(11)7-14-10/h3-7H,2,11H2,1H3/b4-3-,8-5+. The number of allylic oxidation sites excluding steroid dienone is 3. The van der Waals surface area contributed by atoms with Gasteiger partial charge in [-0.3, -0.25) is 4.99 Å². The fourth-order valence-corrected chi connectivity index (χ4v) is 0.940. The second-order valence-corrected chi connectivity index (χ2v) is 2.61. The minimum atomic E-state index is 0.542. The van der Waals surface area contributed by atoms with Crippen LogP contribution in [0.1, 0.15) is 12.7 Å². The number of aromatic nitrogens is 2. The van der Waals surface area contributed by atoms with Gasteiger partial charge in [0.2, 0.25) is 0 Å². The predicted octanol–water partition coefficient (Wildman–Crippen LogP) is 1.68. The molecule has 2 N–H and O–H groups in total. The minimum Gasteiger partial charge on any atom is -0.396 e. The molecular formula is C10H12N4. The zero-order valence-corrected chi connectivity index (χ0v) is 8.01. The third-order valence-electron chi connectivity index (χ3n) is 1.51. The quantitative estimate of drug-likeness (QED) is 0.579. The fraction of sp³-hybridized carbons (Fsp3) is 0.100. The van der Waals surface area contributed by atoms with Crippen LogP contribution in [0, 0.1) is 0 Å². The molecule has 0 saturated heterocycles. The normalized spacial score (nSPS) is 11.9. The maximum Gasteiger partial charge on any atom is 0.160 e. The molecule has 0 unspecified atom stereocenters. The van der Waals surface area contributed by atoms with Crippen LogP contribution in [-0.2, 0) is 0 Å². The smallest absolute Gasteiger partial charge is 0.160 e. The highest BCUT2D eigenvalue weighted by atomic mass is 14.9. The van der Waals surface area contributed by atoms with Gasteiger partial charge in [-0.25, -0.2) is 9.97 Å². The van der Waals surface area contributed by atoms with Crippen molar-refractivity contribution in [1.82, 2.24) is 9.97 Å². The van der Waals surface area contributed by atoms with Crippen molar-refractivity contribution in [3.05, 3.63) is 36.6 Å². The molecule has 4 nitrogen and oxygen atoms in total. The Morgan fingerprint density at radius 3 is 2.64 bits per heavy atom. The topological polar surface area (TPSA) is 64.2 Å². The first-order chi connectivity index (χ1) is 6.77. The number of hydrogen-bond acceptors (Lipinski definition) is 4. The van der Waals surface area contributed by atoms with Gasteiger partial charge in [0.1, 0.15) is 0 Å². The van der Waals surface area contributed by atoms with E-state index < -0.39 is 0 Å². The zero-order chi connectivity index (χ0) is 10.4. The van der Waals surface area contributed by atoms with E-state index in [1.807, 2.05) is 19.1 Å². The van der Waals surface area contributed by atoms with E-state index in [1.54, 1.807) is 18.6 Å². The van der Waals surface area contributed by atoms with Gasteiger partial charge in [-0.2, -0.15) is 0 Å². The molecule has 0 aromatic carbocycles. The molecule has 0 aliphatic carbocycles. The zero-order valence-electron chi connectivity index (χ0n) is 8.01. The summed E-state index contributed by atoms with van der Waals surface area (Å²) in [4.78, 5) is 11.8. The van der Waals surface area contributed by atoms with Crippen LogP contribution >= 0.6 is 0 Å². The van der Waals surface area contributed by atoms with Gasteiger partial charge in [0, 0.05) is 11.8 Å². The number of nitrogens with zero attached hydrogens (tertiary/aromatic N) is 3. The molecule has 1 aromatic rings. The van der Waals surface area contributed by atoms with Gasteiger partial charge in [-0.05, 0) is 13.6 Å². The summed E-state index contributed by atoms with van der Waals surface area (Å²) in [5, 5.41) is 0. The minimum absolute atomic E-state index is 0.542. The van der Waals surface area contributed by atoms with Crippen LogP contribution in [-0.4, -0.2) is 16.7 Å². The maximum atomic E-state index is 5.48. The van der Waals surface area contributed by atoms with Crippen LogP contribution in [0.25, 0.3) is 5.57 Å². The number of rotatable bonds is 3. The Bertz CT molecular complexity index is 362. The summed E-state index contributed by atoms with van der Waals surface area (Å²) in [6.45, 7) is 5.30. The van der Waals surface area contributed by atoms with Crippen LogP contribution in [0.15, 0.2) is 35.7 Å². The van der Waals surface area contributed by atoms with Crippen molar-refractivity contribution >= 4 is 18.0 Å². The van der Waals surface area contributed by atoms with Crippen LogP contribution in [0.3, 0.4) is 0 Å². The molecule has 0 spiro atoms. The monoisotopic (exact) mass is 188 g/mol. The van der Waals surface area contributed by atoms with Crippen molar-refractivity contribution in [3.8, 4) is 0 Å². The lowest BCUT2D eigenvalue weighted by molar-refractivity contribution is 1.12. The second kappa shape index (κ2) is 4.91. The first-order valence-corrected chi connectivity index (χ1v) is 4.14. The highest BCUT2D eigenvalue weighted by Crippen LogP contribution is 2.11. The molecule has 4 heteroatoms. The molecule has 0 aliphatic rings. The van der Waals surface area contributed by atoms with Gasteiger partial charge < -0.3 is 5.73 Å². The molecule has 72 valence electrons. The first-order valence-electron chi connectivity index (χ1n) is 4.14. The number of hydrogen-bond donors (Lipinski definition) is 1. The molecule has 1 heterocycles. The third kappa shape index (κ3) is 2.52. The number of aliphatic imine (C=N–C) groups is 1. The van der Waals surface area contributed by atoms with Crippen LogP contribution < -0.4 is 5.73 Å². The van der Waals surface area contributed by atoms with Gasteiger partial charge in [-0.1, -0.05) is 12.2 Å². The van der Waals surface area contributed by atoms with Gasteiger partial charge >= 0.3 is 0 Å². The Kier molecular flexibility index (Phi) is 3.55. The van der Waals surface area contributed by atoms with Gasteiger partial charge in [-0.15, -0.1) is 0 Å². The molecule has 0 saturated carbocycles. The number of nitrogens with two attached hydrogens (primary N) is 1. The van der Waals surface area contributed by atoms with E-state index in [1.165, 1.54) is 0 Å². The van der Waals surface area contributed by atoms with Gasteiger partial charge in [0.25, 0.3) is 0 Å². The molecule has 0 amide bonds. The Morgan fingerprint density at radius 2 is 2.14 bits per heavy atom. The SMILES string of the molecule is C=N/C=C(\C=C/C)c1ncc(N)cn1. The van der Waals surface area contributed by atoms with E-state index in [0.717, 1.165) is 5.57 Å². The predicted molar refractivity (Wildman–Crippen MR) is 58.8 cm³/mol. The van der Waals surface area contributed by atoms with Crippen molar-refractivity contribution in [3.63, 3.8) is 0 Å². The Morgan fingerprint density at radius 1 is 1.50 bits per heavy atom. The number of anilines is 1. The van der Waals surface area contributed by atoms with E-state index in [0.29, 0.717) is 11.5 Å². The maximum absolute atomic E-state index is 5.48. The van der Waals surface area contributed by atoms with E-state index in [4.69, 9.17) is 5.73 Å². The van der Waals surface area contributed by atoms with Gasteiger partial charge in [0.05, 0.1) is 18.1 Å². The molecule has 0 aliphatic heterocycles. The average Bonchev–Trinajstić information content (AvgIpc) is 2.19. The number of nitrogen functional groups attached to an aromatic ring is 1. The summed E-state index contributed by atoms with van der Waals surface area (Å²) in [6.07, 6.45) is 8.47. The summed E-state index contributed by atoms with van der Waals surface area (Å²) in [5.74, 6) is 0.588. The first kappa shape index (κ1) is 10.1. The Balaban J connectivity index is 3.05. The lowest BCUT2D eigenvalue weighted by atomic mass is 10.2. The van der Waals surface area contributed by atoms with Crippen LogP contribution in [0.5, 0.6) is 0 Å². The van der Waals surface area contributed by atoms with E-state index in [9.17, 15) is 0 Å². The van der Waals surface area contributed by atoms with Crippen molar-refractivity contribution in [1.29, 1.82) is 0 Å². The fourth-order valence-electron chi connectivity index (χ4n) is 0.940. The highest BCUT2D eigenvalue weighted by Gasteiger charge is 1.99. The molecule has 1 rings (SSSR count). The molecule has 0 radical (unpaired) electrons. The summed E-state index contributed by atoms with van der Waals surface area (Å²) in [5.41, 5.74) is 6.83. The van der Waals surface area contributed by atoms with Crippen molar-refractivity contribution in [2.24, 2.45) is 4.99 Å². The van der Waals surface area contributed by atoms with E-state index in [-0.39, 0.29) is 0 Å². The van der Waals surface area contributed by atoms with Crippen LogP contribution in [0.2, 0.25) is 0 Å². The van der Waals surface area contributed by atoms with E-state index >= 15 is 0 Å². The molecule has 0 fully saturated rings. The molecular weight excluding hydrogens is 176 g/mol. The molecule has 1 aromatic heterocycles. The Labute approximate surface area is 82.9 Å². The second-order valence-electron chi connectivity index (χ2n) is 2.61. The largest absolute Gasteiger partial charge is 0.396 e. The molecule has 14 heavy (non-hydrogen) atoms. The van der Waals surface area contributed by atoms with E-state index in [2.05, 4.69) is 21.7 Å². The molecule has 0 bridgehead atoms.